The fraction of sp³-hybridized carbons (Fsp3) is 0. The Morgan fingerprint density at radius 2 is 1.82 bits per heavy atom. The van der Waals surface area contributed by atoms with E-state index >= 15 is 0 Å². The second-order valence-corrected chi connectivity index (χ2v) is 6.13. The highest BCUT2D eigenvalue weighted by molar-refractivity contribution is 6.16. The van der Waals surface area contributed by atoms with Crippen molar-refractivity contribution in [3.63, 3.8) is 0 Å². The van der Waals surface area contributed by atoms with Gasteiger partial charge in [-0.15, -0.1) is 0 Å². The average Bonchev–Trinajstić information content (AvgIpc) is 2.75. The van der Waals surface area contributed by atoms with Crippen LogP contribution in [0, 0.1) is 5.41 Å². The molecule has 0 bridgehead atoms. The number of benzene rings is 1. The van der Waals surface area contributed by atoms with Gasteiger partial charge in [-0.3, -0.25) is 10.4 Å². The molecular weight excluding hydrogens is 350 g/mol. The van der Waals surface area contributed by atoms with Crippen molar-refractivity contribution in [2.75, 3.05) is 5.32 Å². The van der Waals surface area contributed by atoms with Gasteiger partial charge in [0.25, 0.3) is 5.76 Å². The van der Waals surface area contributed by atoms with E-state index in [1.54, 1.807) is 30.7 Å². The number of nitrogens with zero attached hydrogens (tertiary/aromatic N) is 3. The zero-order valence-electron chi connectivity index (χ0n) is 14.9. The molecule has 0 atom stereocenters. The van der Waals surface area contributed by atoms with Gasteiger partial charge in [0, 0.05) is 29.9 Å². The summed E-state index contributed by atoms with van der Waals surface area (Å²) in [5.41, 5.74) is 3.92. The van der Waals surface area contributed by atoms with Crippen molar-refractivity contribution in [3.05, 3.63) is 102 Å². The third-order valence-corrected chi connectivity index (χ3v) is 4.22. The maximum absolute atomic E-state index is 8.46. The molecule has 4 N–H and O–H groups in total. The van der Waals surface area contributed by atoms with Crippen LogP contribution in [0.3, 0.4) is 0 Å². The summed E-state index contributed by atoms with van der Waals surface area (Å²) >= 11 is 0. The molecule has 6 nitrogen and oxygen atoms in total. The van der Waals surface area contributed by atoms with Crippen LogP contribution in [0.2, 0.25) is 0 Å². The Morgan fingerprint density at radius 3 is 2.61 bits per heavy atom. The molecule has 136 valence electrons. The van der Waals surface area contributed by atoms with Crippen LogP contribution in [0.15, 0.2) is 90.9 Å². The molecule has 0 aliphatic heterocycles. The molecule has 0 amide bonds. The summed E-state index contributed by atoms with van der Waals surface area (Å²) in [6.07, 6.45) is 10.3. The number of anilines is 2. The molecule has 3 aromatic rings. The minimum absolute atomic E-state index is 0.261. The van der Waals surface area contributed by atoms with Crippen LogP contribution in [-0.4, -0.2) is 25.8 Å². The summed E-state index contributed by atoms with van der Waals surface area (Å²) in [7, 11) is 0. The van der Waals surface area contributed by atoms with Gasteiger partial charge in [0.15, 0.2) is 0 Å². The lowest BCUT2D eigenvalue weighted by Crippen LogP contribution is -2.06. The van der Waals surface area contributed by atoms with E-state index in [2.05, 4.69) is 20.3 Å². The van der Waals surface area contributed by atoms with E-state index in [1.807, 2.05) is 54.6 Å². The van der Waals surface area contributed by atoms with Gasteiger partial charge in [-0.05, 0) is 42.5 Å². The second-order valence-electron chi connectivity index (χ2n) is 6.13. The van der Waals surface area contributed by atoms with Gasteiger partial charge < -0.3 is 10.4 Å². The van der Waals surface area contributed by atoms with Gasteiger partial charge in [-0.25, -0.2) is 9.97 Å². The van der Waals surface area contributed by atoms with E-state index in [0.717, 1.165) is 11.3 Å². The molecule has 2 aromatic heterocycles. The average molecular weight is 368 g/mol. The van der Waals surface area contributed by atoms with Gasteiger partial charge in [0.1, 0.15) is 0 Å². The number of pyridine rings is 1. The summed E-state index contributed by atoms with van der Waals surface area (Å²) in [6.45, 7) is 0. The van der Waals surface area contributed by atoms with Crippen LogP contribution in [0.1, 0.15) is 11.3 Å². The zero-order chi connectivity index (χ0) is 19.3. The third kappa shape index (κ3) is 3.71. The van der Waals surface area contributed by atoms with E-state index < -0.39 is 0 Å². The molecule has 2 heterocycles. The lowest BCUT2D eigenvalue weighted by Gasteiger charge is -2.12. The van der Waals surface area contributed by atoms with E-state index in [9.17, 15) is 0 Å². The Kier molecular flexibility index (Phi) is 4.76. The van der Waals surface area contributed by atoms with Crippen molar-refractivity contribution in [2.24, 2.45) is 0 Å². The minimum atomic E-state index is 0.261. The molecule has 0 fully saturated rings. The van der Waals surface area contributed by atoms with Crippen molar-refractivity contribution in [1.29, 1.82) is 5.41 Å². The molecule has 0 saturated heterocycles. The van der Waals surface area contributed by atoms with Crippen LogP contribution in [0.25, 0.3) is 11.3 Å². The van der Waals surface area contributed by atoms with E-state index in [0.29, 0.717) is 22.8 Å². The first-order valence-corrected chi connectivity index (χ1v) is 8.71. The Labute approximate surface area is 162 Å². The van der Waals surface area contributed by atoms with E-state index in [-0.39, 0.29) is 11.5 Å². The van der Waals surface area contributed by atoms with Crippen molar-refractivity contribution in [2.45, 2.75) is 0 Å². The number of hydrogen-bond donors (Lipinski definition) is 2. The summed E-state index contributed by atoms with van der Waals surface area (Å²) in [5, 5.41) is 19.8. The van der Waals surface area contributed by atoms with Crippen molar-refractivity contribution < 1.29 is 5.11 Å². The summed E-state index contributed by atoms with van der Waals surface area (Å²) in [5.74, 6) is 0.749. The topological polar surface area (TPSA) is 97.5 Å². The molecule has 0 saturated carbocycles. The standard InChI is InChI=1S/C22H17N5O/c23-19-9-8-15(13-18(19)21(28)16-5-4-11-24-14-16)20-10-12-25-22(27-20)26-17-6-2-1-3-7-17/h1-14,23,28H,(H,25,26,27)/p+1/b21-18-,23-19?. The van der Waals surface area contributed by atoms with Crippen LogP contribution < -0.4 is 5.32 Å². The number of rotatable bonds is 4. The Bertz CT molecular complexity index is 1100. The van der Waals surface area contributed by atoms with Crippen molar-refractivity contribution in [3.8, 4) is 0 Å². The van der Waals surface area contributed by atoms with Gasteiger partial charge in [0.05, 0.1) is 22.5 Å². The van der Waals surface area contributed by atoms with Crippen molar-refractivity contribution >= 4 is 28.7 Å². The largest absolute Gasteiger partial charge is 0.592 e. The number of allylic oxidation sites excluding steroid dienone is 5. The maximum atomic E-state index is 8.46. The third-order valence-electron chi connectivity index (χ3n) is 4.22. The van der Waals surface area contributed by atoms with Gasteiger partial charge in [-0.1, -0.05) is 24.3 Å². The van der Waals surface area contributed by atoms with Crippen LogP contribution in [0.4, 0.5) is 11.6 Å². The van der Waals surface area contributed by atoms with E-state index in [4.69, 9.17) is 10.5 Å². The van der Waals surface area contributed by atoms with Gasteiger partial charge in [0.2, 0.25) is 5.95 Å². The predicted octanol–water partition coefficient (Wildman–Crippen LogP) is 3.72. The first-order chi connectivity index (χ1) is 13.7. The smallest absolute Gasteiger partial charge is 0.272 e. The minimum Gasteiger partial charge on any atom is -0.592 e. The van der Waals surface area contributed by atoms with E-state index in [1.165, 1.54) is 0 Å². The SMILES string of the molecule is N=C1C=CC(c2ccnc(Nc3ccccc3)n2)=C/C1=C(/[OH2+])c1cccnc1. The molecule has 0 radical (unpaired) electrons. The monoisotopic (exact) mass is 368 g/mol. The second kappa shape index (κ2) is 7.67. The first-order valence-electron chi connectivity index (χ1n) is 8.71. The normalized spacial score (nSPS) is 15.1. The molecule has 0 unspecified atom stereocenters. The Morgan fingerprint density at radius 1 is 0.964 bits per heavy atom. The lowest BCUT2D eigenvalue weighted by atomic mass is 9.95. The van der Waals surface area contributed by atoms with Crippen LogP contribution in [0.5, 0.6) is 0 Å². The maximum Gasteiger partial charge on any atom is 0.272 e. The van der Waals surface area contributed by atoms with Crippen LogP contribution >= 0.6 is 0 Å². The Balaban J connectivity index is 1.68. The molecule has 1 aliphatic rings. The fourth-order valence-corrected chi connectivity index (χ4v) is 2.81. The number of nitrogens with one attached hydrogen (secondary N) is 2. The zero-order valence-corrected chi connectivity index (χ0v) is 14.9. The summed E-state index contributed by atoms with van der Waals surface area (Å²) in [6, 6.07) is 15.1. The lowest BCUT2D eigenvalue weighted by molar-refractivity contribution is 0.509. The van der Waals surface area contributed by atoms with Gasteiger partial charge in [-0.2, -0.15) is 0 Å². The number of para-hydroxylation sites is 1. The highest BCUT2D eigenvalue weighted by Gasteiger charge is 2.19. The molecule has 6 heteroatoms. The number of aromatic nitrogens is 3. The summed E-state index contributed by atoms with van der Waals surface area (Å²) < 4.78 is 0. The molecule has 1 aromatic carbocycles. The first kappa shape index (κ1) is 17.4. The predicted molar refractivity (Wildman–Crippen MR) is 111 cm³/mol. The fourth-order valence-electron chi connectivity index (χ4n) is 2.81. The Hall–Kier alpha value is -4.06. The molecule has 1 aliphatic carbocycles. The summed E-state index contributed by atoms with van der Waals surface area (Å²) in [4.78, 5) is 12.9. The quantitative estimate of drug-likeness (QED) is 0.542. The number of hydrogen-bond acceptors (Lipinski definition) is 5. The highest BCUT2D eigenvalue weighted by Crippen LogP contribution is 2.26. The van der Waals surface area contributed by atoms with Crippen LogP contribution in [-0.2, 0) is 0 Å². The van der Waals surface area contributed by atoms with Crippen molar-refractivity contribution in [1.82, 2.24) is 15.0 Å². The van der Waals surface area contributed by atoms with Gasteiger partial charge >= 0.3 is 0 Å². The highest BCUT2D eigenvalue weighted by atomic mass is 16.3. The molecule has 0 spiro atoms. The molecule has 4 rings (SSSR count). The molecule has 28 heavy (non-hydrogen) atoms. The molecular formula is C22H18N5O+.